The molecule has 6 heteroatoms. The molecule has 2 N–H and O–H groups in total. The molecule has 0 atom stereocenters. The van der Waals surface area contributed by atoms with Crippen LogP contribution < -0.4 is 10.6 Å². The second kappa shape index (κ2) is 10.1. The van der Waals surface area contributed by atoms with Crippen molar-refractivity contribution < 1.29 is 0 Å². The van der Waals surface area contributed by atoms with Gasteiger partial charge in [-0.2, -0.15) is 11.8 Å². The molecule has 0 radical (unpaired) electrons. The summed E-state index contributed by atoms with van der Waals surface area (Å²) in [5.41, 5.74) is 1.16. The fourth-order valence-electron chi connectivity index (χ4n) is 1.57. The first-order valence-corrected chi connectivity index (χ1v) is 8.95. The lowest BCUT2D eigenvalue weighted by Crippen LogP contribution is -2.38. The highest BCUT2D eigenvalue weighted by Crippen LogP contribution is 2.07. The molecule has 0 saturated heterocycles. The van der Waals surface area contributed by atoms with E-state index >= 15 is 0 Å². The predicted octanol–water partition coefficient (Wildman–Crippen LogP) is 2.30. The van der Waals surface area contributed by atoms with Crippen molar-refractivity contribution >= 4 is 29.1 Å². The van der Waals surface area contributed by atoms with Crippen molar-refractivity contribution in [3.8, 4) is 0 Å². The molecule has 0 aliphatic heterocycles. The smallest absolute Gasteiger partial charge is 0.191 e. The van der Waals surface area contributed by atoms with Crippen molar-refractivity contribution in [1.82, 2.24) is 15.6 Å². The first kappa shape index (κ1) is 16.3. The van der Waals surface area contributed by atoms with E-state index in [1.54, 1.807) is 11.3 Å². The number of aromatic nitrogens is 1. The second-order valence-electron chi connectivity index (χ2n) is 4.14. The quantitative estimate of drug-likeness (QED) is 0.439. The number of thioether (sulfide) groups is 1. The van der Waals surface area contributed by atoms with Gasteiger partial charge in [0.15, 0.2) is 5.96 Å². The summed E-state index contributed by atoms with van der Waals surface area (Å²) in [6.07, 6.45) is 4.20. The average Bonchev–Trinajstić information content (AvgIpc) is 2.80. The van der Waals surface area contributed by atoms with E-state index in [1.807, 2.05) is 18.7 Å². The van der Waals surface area contributed by atoms with E-state index in [0.717, 1.165) is 49.1 Å². The number of thiazole rings is 1. The number of aliphatic imine (C=N–C) groups is 1. The summed E-state index contributed by atoms with van der Waals surface area (Å²) in [5, 5.41) is 9.87. The van der Waals surface area contributed by atoms with E-state index in [1.165, 1.54) is 5.75 Å². The topological polar surface area (TPSA) is 49.3 Å². The van der Waals surface area contributed by atoms with Crippen LogP contribution in [0.3, 0.4) is 0 Å². The van der Waals surface area contributed by atoms with Crippen LogP contribution in [0, 0.1) is 6.92 Å². The van der Waals surface area contributed by atoms with E-state index in [2.05, 4.69) is 39.2 Å². The van der Waals surface area contributed by atoms with Gasteiger partial charge < -0.3 is 10.6 Å². The Kier molecular flexibility index (Phi) is 8.66. The molecule has 0 spiro atoms. The SMILES string of the molecule is CCNC(=NCCCSC)NCCc1csc(C)n1. The third-order valence-electron chi connectivity index (χ3n) is 2.46. The van der Waals surface area contributed by atoms with Crippen LogP contribution in [0.25, 0.3) is 0 Å². The Morgan fingerprint density at radius 3 is 2.95 bits per heavy atom. The lowest BCUT2D eigenvalue weighted by molar-refractivity contribution is 0.786. The van der Waals surface area contributed by atoms with Gasteiger partial charge in [-0.05, 0) is 32.3 Å². The van der Waals surface area contributed by atoms with Crippen molar-refractivity contribution in [2.45, 2.75) is 26.7 Å². The monoisotopic (exact) mass is 300 g/mol. The Hall–Kier alpha value is -0.750. The molecule has 0 unspecified atom stereocenters. The Balaban J connectivity index is 2.28. The summed E-state index contributed by atoms with van der Waals surface area (Å²) in [5.74, 6) is 2.08. The fraction of sp³-hybridized carbons (Fsp3) is 0.692. The molecule has 4 nitrogen and oxygen atoms in total. The van der Waals surface area contributed by atoms with Gasteiger partial charge in [0.2, 0.25) is 0 Å². The summed E-state index contributed by atoms with van der Waals surface area (Å²) in [7, 11) is 0. The highest BCUT2D eigenvalue weighted by molar-refractivity contribution is 7.98. The Labute approximate surface area is 124 Å². The number of nitrogens with one attached hydrogen (secondary N) is 2. The molecule has 0 aliphatic rings. The molecule has 1 aromatic heterocycles. The van der Waals surface area contributed by atoms with Gasteiger partial charge >= 0.3 is 0 Å². The Morgan fingerprint density at radius 2 is 2.32 bits per heavy atom. The first-order valence-electron chi connectivity index (χ1n) is 6.68. The highest BCUT2D eigenvalue weighted by atomic mass is 32.2. The maximum atomic E-state index is 4.55. The molecule has 108 valence electrons. The Morgan fingerprint density at radius 1 is 1.47 bits per heavy atom. The van der Waals surface area contributed by atoms with Gasteiger partial charge in [0, 0.05) is 31.4 Å². The minimum absolute atomic E-state index is 0.873. The summed E-state index contributed by atoms with van der Waals surface area (Å²) < 4.78 is 0. The summed E-state index contributed by atoms with van der Waals surface area (Å²) in [4.78, 5) is 9.01. The maximum absolute atomic E-state index is 4.55. The molecule has 0 fully saturated rings. The lowest BCUT2D eigenvalue weighted by Gasteiger charge is -2.10. The van der Waals surface area contributed by atoms with Crippen LogP contribution in [0.2, 0.25) is 0 Å². The minimum Gasteiger partial charge on any atom is -0.357 e. The van der Waals surface area contributed by atoms with Crippen LogP contribution in [-0.2, 0) is 6.42 Å². The van der Waals surface area contributed by atoms with Crippen molar-refractivity contribution in [2.75, 3.05) is 31.6 Å². The zero-order chi connectivity index (χ0) is 13.9. The number of rotatable bonds is 8. The summed E-state index contributed by atoms with van der Waals surface area (Å²) in [6, 6.07) is 0. The molecule has 0 bridgehead atoms. The zero-order valence-corrected chi connectivity index (χ0v) is 13.7. The van der Waals surface area contributed by atoms with Gasteiger partial charge in [0.05, 0.1) is 10.7 Å². The van der Waals surface area contributed by atoms with Crippen LogP contribution in [0.1, 0.15) is 24.0 Å². The molecule has 1 heterocycles. The third kappa shape index (κ3) is 7.42. The molecule has 1 rings (SSSR count). The fourth-order valence-corrected chi connectivity index (χ4v) is 2.64. The standard InChI is InChI=1S/C13H24N4S2/c1-4-14-13(15-7-5-9-18-3)16-8-6-12-10-19-11(2)17-12/h10H,4-9H2,1-3H3,(H2,14,15,16). The number of hydrogen-bond acceptors (Lipinski definition) is 4. The van der Waals surface area contributed by atoms with Crippen molar-refractivity contribution in [2.24, 2.45) is 4.99 Å². The van der Waals surface area contributed by atoms with Crippen LogP contribution >= 0.6 is 23.1 Å². The molecule has 19 heavy (non-hydrogen) atoms. The Bertz CT molecular complexity index is 376. The van der Waals surface area contributed by atoms with E-state index in [4.69, 9.17) is 0 Å². The normalized spacial score (nSPS) is 11.6. The minimum atomic E-state index is 0.873. The number of hydrogen-bond donors (Lipinski definition) is 2. The molecular weight excluding hydrogens is 276 g/mol. The predicted molar refractivity (Wildman–Crippen MR) is 87.5 cm³/mol. The van der Waals surface area contributed by atoms with Crippen LogP contribution in [0.4, 0.5) is 0 Å². The van der Waals surface area contributed by atoms with Gasteiger partial charge in [0.1, 0.15) is 0 Å². The third-order valence-corrected chi connectivity index (χ3v) is 3.98. The number of nitrogens with zero attached hydrogens (tertiary/aromatic N) is 2. The highest BCUT2D eigenvalue weighted by Gasteiger charge is 2.00. The molecule has 1 aromatic rings. The molecule has 0 amide bonds. The molecule has 0 aliphatic carbocycles. The second-order valence-corrected chi connectivity index (χ2v) is 6.19. The number of guanidine groups is 1. The van der Waals surface area contributed by atoms with Gasteiger partial charge in [-0.1, -0.05) is 0 Å². The van der Waals surface area contributed by atoms with Crippen molar-refractivity contribution in [3.63, 3.8) is 0 Å². The van der Waals surface area contributed by atoms with E-state index in [9.17, 15) is 0 Å². The maximum Gasteiger partial charge on any atom is 0.191 e. The van der Waals surface area contributed by atoms with Gasteiger partial charge in [-0.15, -0.1) is 11.3 Å². The van der Waals surface area contributed by atoms with Gasteiger partial charge in [-0.3, -0.25) is 4.99 Å². The van der Waals surface area contributed by atoms with Crippen LogP contribution in [0.15, 0.2) is 10.4 Å². The number of aryl methyl sites for hydroxylation is 1. The zero-order valence-electron chi connectivity index (χ0n) is 12.0. The molecule has 0 aromatic carbocycles. The van der Waals surface area contributed by atoms with Crippen LogP contribution in [0.5, 0.6) is 0 Å². The van der Waals surface area contributed by atoms with E-state index in [-0.39, 0.29) is 0 Å². The van der Waals surface area contributed by atoms with Crippen LogP contribution in [-0.4, -0.2) is 42.6 Å². The largest absolute Gasteiger partial charge is 0.357 e. The first-order chi connectivity index (χ1) is 9.26. The molecule has 0 saturated carbocycles. The van der Waals surface area contributed by atoms with Gasteiger partial charge in [0.25, 0.3) is 0 Å². The molecular formula is C13H24N4S2. The van der Waals surface area contributed by atoms with Crippen molar-refractivity contribution in [3.05, 3.63) is 16.1 Å². The van der Waals surface area contributed by atoms with E-state index in [0.29, 0.717) is 0 Å². The average molecular weight is 300 g/mol. The van der Waals surface area contributed by atoms with Gasteiger partial charge in [-0.25, -0.2) is 4.98 Å². The van der Waals surface area contributed by atoms with Crippen molar-refractivity contribution in [1.29, 1.82) is 0 Å². The van der Waals surface area contributed by atoms with E-state index < -0.39 is 0 Å². The lowest BCUT2D eigenvalue weighted by atomic mass is 10.3. The summed E-state index contributed by atoms with van der Waals surface area (Å²) >= 11 is 3.57. The summed E-state index contributed by atoms with van der Waals surface area (Å²) in [6.45, 7) is 6.77.